The van der Waals surface area contributed by atoms with Crippen LogP contribution in [-0.2, 0) is 19.9 Å². The molecule has 0 bridgehead atoms. The smallest absolute Gasteiger partial charge is 0.428 e. The molecule has 1 aliphatic carbocycles. The summed E-state index contributed by atoms with van der Waals surface area (Å²) < 4.78 is 133. The normalized spacial score (nSPS) is 24.4. The average Bonchev–Trinajstić information content (AvgIpc) is 2.67. The molecule has 2 atom stereocenters. The van der Waals surface area contributed by atoms with Gasteiger partial charge in [0.05, 0.1) is 0 Å². The van der Waals surface area contributed by atoms with E-state index >= 15 is 0 Å². The third kappa shape index (κ3) is 3.43. The molecule has 0 amide bonds. The van der Waals surface area contributed by atoms with Crippen LogP contribution in [0.4, 0.5) is 26.3 Å². The molecule has 0 spiro atoms. The summed E-state index contributed by atoms with van der Waals surface area (Å²) in [7, 11) is -13.3. The number of nitrogens with zero attached hydrogens (tertiary/aromatic N) is 3. The number of hydrogen-bond donors (Lipinski definition) is 0. The number of fused-ring (bicyclic) bond motifs is 1. The Morgan fingerprint density at radius 2 is 1.47 bits per heavy atom. The number of halogens is 6. The number of sulfone groups is 1. The molecule has 0 N–H and O–H groups in total. The average molecular weight is 480 g/mol. The SMILES string of the molecule is N#CC(=C=[N-])S(=O)(=O)C(F)(F)C(F)(F)C(F)(F)S(=O)(=O)N1CCC2CCCCC2C1. The molecular formula is C15H16F6N3O4S2-. The third-order valence-electron chi connectivity index (χ3n) is 5.46. The molecule has 0 aromatic rings. The Kier molecular flexibility index (Phi) is 6.42. The van der Waals surface area contributed by atoms with Crippen molar-refractivity contribution in [3.8, 4) is 6.07 Å². The second-order valence-electron chi connectivity index (χ2n) is 7.12. The molecule has 1 saturated carbocycles. The molecule has 15 heteroatoms. The maximum atomic E-state index is 14.4. The number of sulfonamides is 1. The monoisotopic (exact) mass is 480 g/mol. The van der Waals surface area contributed by atoms with Crippen molar-refractivity contribution in [2.75, 3.05) is 13.1 Å². The minimum absolute atomic E-state index is 0.00966. The van der Waals surface area contributed by atoms with Crippen molar-refractivity contribution in [1.29, 1.82) is 5.26 Å². The number of rotatable bonds is 6. The minimum atomic E-state index is -6.97. The van der Waals surface area contributed by atoms with E-state index in [1.54, 1.807) is 0 Å². The lowest BCUT2D eigenvalue weighted by Crippen LogP contribution is -2.64. The van der Waals surface area contributed by atoms with Gasteiger partial charge in [0.2, 0.25) is 0 Å². The Balaban J connectivity index is 2.47. The minimum Gasteiger partial charge on any atom is -0.762 e. The van der Waals surface area contributed by atoms with E-state index in [0.29, 0.717) is 31.2 Å². The lowest BCUT2D eigenvalue weighted by molar-refractivity contribution is -0.244. The molecule has 0 aromatic heterocycles. The van der Waals surface area contributed by atoms with Crippen LogP contribution in [0.5, 0.6) is 0 Å². The molecule has 2 unspecified atom stereocenters. The summed E-state index contributed by atoms with van der Waals surface area (Å²) in [6, 6.07) is 0.404. The first-order chi connectivity index (χ1) is 13.6. The zero-order valence-corrected chi connectivity index (χ0v) is 16.8. The van der Waals surface area contributed by atoms with E-state index in [1.165, 1.54) is 0 Å². The summed E-state index contributed by atoms with van der Waals surface area (Å²) in [5, 5.41) is 3.49. The zero-order chi connectivity index (χ0) is 23.2. The van der Waals surface area contributed by atoms with E-state index in [1.807, 2.05) is 0 Å². The second-order valence-corrected chi connectivity index (χ2v) is 11.0. The molecule has 0 aromatic carbocycles. The van der Waals surface area contributed by atoms with Crippen LogP contribution in [-0.4, -0.2) is 56.5 Å². The molecule has 2 aliphatic rings. The van der Waals surface area contributed by atoms with E-state index in [4.69, 9.17) is 10.7 Å². The fraction of sp³-hybridized carbons (Fsp3) is 0.800. The van der Waals surface area contributed by atoms with Crippen molar-refractivity contribution < 1.29 is 43.2 Å². The van der Waals surface area contributed by atoms with E-state index < -0.39 is 60.2 Å². The van der Waals surface area contributed by atoms with Crippen LogP contribution in [0.2, 0.25) is 0 Å². The van der Waals surface area contributed by atoms with Crippen molar-refractivity contribution in [1.82, 2.24) is 4.31 Å². The molecular weight excluding hydrogens is 464 g/mol. The highest BCUT2D eigenvalue weighted by Crippen LogP contribution is 2.53. The summed E-state index contributed by atoms with van der Waals surface area (Å²) in [6.45, 7) is -1.19. The second kappa shape index (κ2) is 7.81. The largest absolute Gasteiger partial charge is 0.762 e. The van der Waals surface area contributed by atoms with Gasteiger partial charge < -0.3 is 5.41 Å². The van der Waals surface area contributed by atoms with Crippen molar-refractivity contribution in [2.24, 2.45) is 11.8 Å². The van der Waals surface area contributed by atoms with Gasteiger partial charge in [-0.15, -0.1) is 0 Å². The maximum Gasteiger partial charge on any atom is 0.428 e. The molecule has 2 fully saturated rings. The predicted octanol–water partition coefficient (Wildman–Crippen LogP) is 2.71. The van der Waals surface area contributed by atoms with Gasteiger partial charge in [-0.1, -0.05) is 19.3 Å². The maximum absolute atomic E-state index is 14.4. The summed E-state index contributed by atoms with van der Waals surface area (Å²) in [5.74, 6) is -6.99. The van der Waals surface area contributed by atoms with Crippen LogP contribution in [0.1, 0.15) is 32.1 Å². The Labute approximate surface area is 168 Å². The molecule has 1 saturated heterocycles. The predicted molar refractivity (Wildman–Crippen MR) is 91.8 cm³/mol. The first-order valence-electron chi connectivity index (χ1n) is 8.64. The van der Waals surface area contributed by atoms with Gasteiger partial charge in [0.1, 0.15) is 6.07 Å². The lowest BCUT2D eigenvalue weighted by atomic mass is 9.76. The standard InChI is InChI=1S/C15H16F6N3O4S2/c16-13(17,14(18,19)29(25,26)12(7-22)8-23)15(20,21)30(27,28)24-6-5-10-3-1-2-4-11(10)9-24/h10-11H,1-6,9H2/q-1. The lowest BCUT2D eigenvalue weighted by Gasteiger charge is -2.42. The van der Waals surface area contributed by atoms with Gasteiger partial charge in [-0.25, -0.2) is 22.7 Å². The van der Waals surface area contributed by atoms with Gasteiger partial charge in [-0.2, -0.15) is 35.9 Å². The van der Waals surface area contributed by atoms with Gasteiger partial charge in [0.15, 0.2) is 4.91 Å². The van der Waals surface area contributed by atoms with Crippen molar-refractivity contribution in [3.05, 3.63) is 10.3 Å². The van der Waals surface area contributed by atoms with Crippen molar-refractivity contribution >= 4 is 25.7 Å². The van der Waals surface area contributed by atoms with Gasteiger partial charge >= 0.3 is 16.4 Å². The van der Waals surface area contributed by atoms with Crippen LogP contribution in [0.15, 0.2) is 4.91 Å². The van der Waals surface area contributed by atoms with E-state index in [-0.39, 0.29) is 16.6 Å². The molecule has 30 heavy (non-hydrogen) atoms. The zero-order valence-electron chi connectivity index (χ0n) is 15.2. The van der Waals surface area contributed by atoms with Gasteiger partial charge in [0, 0.05) is 13.1 Å². The number of piperidine rings is 1. The molecule has 7 nitrogen and oxygen atoms in total. The van der Waals surface area contributed by atoms with E-state index in [2.05, 4.69) is 0 Å². The topological polar surface area (TPSA) is 118 Å². The third-order valence-corrected chi connectivity index (χ3v) is 9.03. The molecule has 0 radical (unpaired) electrons. The van der Waals surface area contributed by atoms with Gasteiger partial charge in [0.25, 0.3) is 19.9 Å². The summed E-state index contributed by atoms with van der Waals surface area (Å²) >= 11 is 0. The number of hydrogen-bond acceptors (Lipinski definition) is 5. The first-order valence-corrected chi connectivity index (χ1v) is 11.6. The Morgan fingerprint density at radius 3 is 1.97 bits per heavy atom. The Morgan fingerprint density at radius 1 is 0.933 bits per heavy atom. The highest BCUT2D eigenvalue weighted by molar-refractivity contribution is 7.97. The molecule has 170 valence electrons. The van der Waals surface area contributed by atoms with Crippen LogP contribution >= 0.6 is 0 Å². The van der Waals surface area contributed by atoms with E-state index in [9.17, 15) is 43.2 Å². The van der Waals surface area contributed by atoms with Gasteiger partial charge in [-0.3, -0.25) is 0 Å². The Bertz CT molecular complexity index is 1000. The summed E-state index contributed by atoms with van der Waals surface area (Å²) in [6.07, 6.45) is 2.72. The fourth-order valence-electron chi connectivity index (χ4n) is 3.72. The van der Waals surface area contributed by atoms with Crippen molar-refractivity contribution in [2.45, 2.75) is 48.5 Å². The number of nitriles is 1. The number of alkyl halides is 6. The first kappa shape index (κ1) is 24.6. The molecule has 2 rings (SSSR count). The van der Waals surface area contributed by atoms with Crippen LogP contribution < -0.4 is 0 Å². The number of allylic oxidation sites excluding steroid dienone is 1. The summed E-state index contributed by atoms with van der Waals surface area (Å²) in [5.41, 5.74) is 0. The van der Waals surface area contributed by atoms with Crippen LogP contribution in [0.25, 0.3) is 5.41 Å². The van der Waals surface area contributed by atoms with Gasteiger partial charge in [-0.05, 0) is 24.7 Å². The quantitative estimate of drug-likeness (QED) is 0.329. The Hall–Kier alpha value is -1.62. The summed E-state index contributed by atoms with van der Waals surface area (Å²) in [4.78, 5) is -2.46. The fourth-order valence-corrected chi connectivity index (χ4v) is 6.26. The van der Waals surface area contributed by atoms with E-state index in [0.717, 1.165) is 6.42 Å². The van der Waals surface area contributed by atoms with Crippen LogP contribution in [0, 0.1) is 23.2 Å². The molecule has 1 heterocycles. The van der Waals surface area contributed by atoms with Crippen molar-refractivity contribution in [3.63, 3.8) is 0 Å². The molecule has 1 aliphatic heterocycles. The highest BCUT2D eigenvalue weighted by Gasteiger charge is 2.82. The highest BCUT2D eigenvalue weighted by atomic mass is 32.2. The van der Waals surface area contributed by atoms with Crippen LogP contribution in [0.3, 0.4) is 0 Å².